The van der Waals surface area contributed by atoms with Crippen molar-refractivity contribution in [3.8, 4) is 5.75 Å². The molecule has 0 unspecified atom stereocenters. The molecule has 3 rings (SSSR count). The standard InChI is InChI=1S/C21H30FN3O3/c1-3-21(27,14-25-20(6-4-5-11-26)23-15(2)24-25)17-9-10-18(22)19(12-17)28-13-16-7-8-16/h9-10,12,16,26-27H,3-8,11,13-14H2,1-2H3/t21-/m1/s1. The van der Waals surface area contributed by atoms with Crippen LogP contribution in [-0.4, -0.2) is 38.2 Å². The van der Waals surface area contributed by atoms with Gasteiger partial charge in [0, 0.05) is 13.0 Å². The Balaban J connectivity index is 1.80. The molecule has 1 aromatic carbocycles. The van der Waals surface area contributed by atoms with E-state index in [1.165, 1.54) is 6.07 Å². The minimum absolute atomic E-state index is 0.144. The van der Waals surface area contributed by atoms with Crippen molar-refractivity contribution in [2.24, 2.45) is 5.92 Å². The van der Waals surface area contributed by atoms with E-state index in [0.29, 0.717) is 43.2 Å². The van der Waals surface area contributed by atoms with Crippen molar-refractivity contribution in [2.45, 2.75) is 64.5 Å². The summed E-state index contributed by atoms with van der Waals surface area (Å²) in [5.41, 5.74) is -0.603. The number of unbranched alkanes of at least 4 members (excludes halogenated alkanes) is 1. The molecule has 1 aliphatic rings. The molecule has 1 saturated carbocycles. The zero-order chi connectivity index (χ0) is 20.1. The Bertz CT molecular complexity index is 791. The van der Waals surface area contributed by atoms with Gasteiger partial charge in [-0.15, -0.1) is 0 Å². The predicted octanol–water partition coefficient (Wildman–Crippen LogP) is 3.13. The molecule has 1 fully saturated rings. The maximum absolute atomic E-state index is 14.1. The molecule has 7 heteroatoms. The molecular formula is C21H30FN3O3. The maximum atomic E-state index is 14.1. The van der Waals surface area contributed by atoms with Gasteiger partial charge in [0.2, 0.25) is 0 Å². The van der Waals surface area contributed by atoms with Gasteiger partial charge in [0.25, 0.3) is 0 Å². The molecule has 6 nitrogen and oxygen atoms in total. The van der Waals surface area contributed by atoms with Crippen molar-refractivity contribution >= 4 is 0 Å². The highest BCUT2D eigenvalue weighted by Crippen LogP contribution is 2.33. The normalized spacial score (nSPS) is 16.2. The molecule has 0 saturated heterocycles. The molecular weight excluding hydrogens is 361 g/mol. The van der Waals surface area contributed by atoms with Crippen LogP contribution in [0, 0.1) is 18.7 Å². The highest BCUT2D eigenvalue weighted by Gasteiger charge is 2.31. The summed E-state index contributed by atoms with van der Waals surface area (Å²) in [5, 5.41) is 24.8. The van der Waals surface area contributed by atoms with Gasteiger partial charge in [0.15, 0.2) is 11.6 Å². The SMILES string of the molecule is CC[C@@](O)(Cn1nc(C)nc1CCCCO)c1ccc(F)c(OCC2CC2)c1. The van der Waals surface area contributed by atoms with Crippen molar-refractivity contribution in [2.75, 3.05) is 13.2 Å². The average molecular weight is 391 g/mol. The first-order valence-electron chi connectivity index (χ1n) is 10.1. The highest BCUT2D eigenvalue weighted by atomic mass is 19.1. The highest BCUT2D eigenvalue weighted by molar-refractivity contribution is 5.34. The van der Waals surface area contributed by atoms with E-state index in [4.69, 9.17) is 9.84 Å². The molecule has 154 valence electrons. The second kappa shape index (κ2) is 9.01. The third-order valence-electron chi connectivity index (χ3n) is 5.30. The Morgan fingerprint density at radius 1 is 1.32 bits per heavy atom. The van der Waals surface area contributed by atoms with Crippen molar-refractivity contribution in [3.63, 3.8) is 0 Å². The molecule has 0 spiro atoms. The lowest BCUT2D eigenvalue weighted by Crippen LogP contribution is -2.32. The fraction of sp³-hybridized carbons (Fsp3) is 0.619. The molecule has 0 bridgehead atoms. The predicted molar refractivity (Wildman–Crippen MR) is 104 cm³/mol. The summed E-state index contributed by atoms with van der Waals surface area (Å²) in [6, 6.07) is 4.57. The van der Waals surface area contributed by atoms with E-state index in [2.05, 4.69) is 10.1 Å². The summed E-state index contributed by atoms with van der Waals surface area (Å²) >= 11 is 0. The molecule has 0 aliphatic heterocycles. The Hall–Kier alpha value is -1.99. The third-order valence-corrected chi connectivity index (χ3v) is 5.30. The summed E-state index contributed by atoms with van der Waals surface area (Å²) < 4.78 is 21.5. The topological polar surface area (TPSA) is 80.4 Å². The Labute approximate surface area is 165 Å². The first-order chi connectivity index (χ1) is 13.4. The largest absolute Gasteiger partial charge is 0.490 e. The van der Waals surface area contributed by atoms with E-state index in [0.717, 1.165) is 25.1 Å². The third kappa shape index (κ3) is 5.08. The van der Waals surface area contributed by atoms with Crippen molar-refractivity contribution in [1.29, 1.82) is 0 Å². The van der Waals surface area contributed by atoms with Crippen LogP contribution in [0.2, 0.25) is 0 Å². The number of halogens is 1. The van der Waals surface area contributed by atoms with Gasteiger partial charge in [-0.1, -0.05) is 13.0 Å². The smallest absolute Gasteiger partial charge is 0.165 e. The molecule has 1 aromatic heterocycles. The van der Waals surface area contributed by atoms with Gasteiger partial charge in [-0.2, -0.15) is 5.10 Å². The number of aryl methyl sites for hydroxylation is 2. The zero-order valence-corrected chi connectivity index (χ0v) is 16.7. The van der Waals surface area contributed by atoms with Gasteiger partial charge in [-0.05, 0) is 62.6 Å². The summed E-state index contributed by atoms with van der Waals surface area (Å²) in [4.78, 5) is 4.46. The first kappa shape index (κ1) is 20.7. The fourth-order valence-electron chi connectivity index (χ4n) is 3.26. The van der Waals surface area contributed by atoms with Crippen LogP contribution in [0.4, 0.5) is 4.39 Å². The van der Waals surface area contributed by atoms with E-state index < -0.39 is 11.4 Å². The van der Waals surface area contributed by atoms with Crippen LogP contribution in [0.5, 0.6) is 5.75 Å². The van der Waals surface area contributed by atoms with E-state index >= 15 is 0 Å². The van der Waals surface area contributed by atoms with E-state index in [-0.39, 0.29) is 18.9 Å². The van der Waals surface area contributed by atoms with Crippen LogP contribution in [-0.2, 0) is 18.6 Å². The number of benzene rings is 1. The molecule has 28 heavy (non-hydrogen) atoms. The number of nitrogens with zero attached hydrogens (tertiary/aromatic N) is 3. The van der Waals surface area contributed by atoms with Crippen LogP contribution < -0.4 is 4.74 Å². The Morgan fingerprint density at radius 3 is 2.79 bits per heavy atom. The van der Waals surface area contributed by atoms with E-state index in [1.54, 1.807) is 16.8 Å². The lowest BCUT2D eigenvalue weighted by Gasteiger charge is -2.28. The molecule has 0 amide bonds. The van der Waals surface area contributed by atoms with Crippen LogP contribution in [0.25, 0.3) is 0 Å². The minimum Gasteiger partial charge on any atom is -0.490 e. The van der Waals surface area contributed by atoms with Gasteiger partial charge in [0.05, 0.1) is 13.2 Å². The van der Waals surface area contributed by atoms with Gasteiger partial charge >= 0.3 is 0 Å². The maximum Gasteiger partial charge on any atom is 0.165 e. The number of aromatic nitrogens is 3. The van der Waals surface area contributed by atoms with Gasteiger partial charge in [-0.25, -0.2) is 14.1 Å². The lowest BCUT2D eigenvalue weighted by atomic mass is 9.90. The van der Waals surface area contributed by atoms with Crippen molar-refractivity contribution in [1.82, 2.24) is 14.8 Å². The molecule has 1 atom stereocenters. The summed E-state index contributed by atoms with van der Waals surface area (Å²) in [6.45, 7) is 4.60. The van der Waals surface area contributed by atoms with E-state index in [9.17, 15) is 9.50 Å². The number of aliphatic hydroxyl groups is 2. The van der Waals surface area contributed by atoms with Crippen molar-refractivity contribution < 1.29 is 19.3 Å². The second-order valence-corrected chi connectivity index (χ2v) is 7.70. The van der Waals surface area contributed by atoms with Crippen molar-refractivity contribution in [3.05, 3.63) is 41.2 Å². The number of aliphatic hydroxyl groups excluding tert-OH is 1. The Morgan fingerprint density at radius 2 is 2.11 bits per heavy atom. The van der Waals surface area contributed by atoms with Crippen LogP contribution in [0.15, 0.2) is 18.2 Å². The molecule has 2 aromatic rings. The summed E-state index contributed by atoms with van der Waals surface area (Å²) in [7, 11) is 0. The minimum atomic E-state index is -1.21. The van der Waals surface area contributed by atoms with Crippen LogP contribution >= 0.6 is 0 Å². The van der Waals surface area contributed by atoms with Gasteiger partial charge < -0.3 is 14.9 Å². The fourth-order valence-corrected chi connectivity index (χ4v) is 3.26. The second-order valence-electron chi connectivity index (χ2n) is 7.70. The van der Waals surface area contributed by atoms with E-state index in [1.807, 2.05) is 13.8 Å². The van der Waals surface area contributed by atoms with Gasteiger partial charge in [-0.3, -0.25) is 0 Å². The number of ether oxygens (including phenoxy) is 1. The Kier molecular flexibility index (Phi) is 6.67. The molecule has 1 heterocycles. The van der Waals surface area contributed by atoms with Crippen LogP contribution in [0.1, 0.15) is 56.2 Å². The number of hydrogen-bond acceptors (Lipinski definition) is 5. The average Bonchev–Trinajstić information content (AvgIpc) is 3.44. The zero-order valence-electron chi connectivity index (χ0n) is 16.7. The summed E-state index contributed by atoms with van der Waals surface area (Å²) in [6.07, 6.45) is 4.88. The molecule has 0 radical (unpaired) electrons. The lowest BCUT2D eigenvalue weighted by molar-refractivity contribution is 0.00968. The molecule has 2 N–H and O–H groups in total. The monoisotopic (exact) mass is 391 g/mol. The number of rotatable bonds is 11. The van der Waals surface area contributed by atoms with Gasteiger partial charge in [0.1, 0.15) is 17.2 Å². The quantitative estimate of drug-likeness (QED) is 0.575. The van der Waals surface area contributed by atoms with Crippen LogP contribution in [0.3, 0.4) is 0 Å². The number of hydrogen-bond donors (Lipinski definition) is 2. The summed E-state index contributed by atoms with van der Waals surface area (Å²) in [5.74, 6) is 1.72. The molecule has 1 aliphatic carbocycles. The first-order valence-corrected chi connectivity index (χ1v) is 10.1.